The van der Waals surface area contributed by atoms with E-state index in [9.17, 15) is 9.90 Å². The zero-order valence-corrected chi connectivity index (χ0v) is 12.3. The molecule has 0 aromatic heterocycles. The lowest BCUT2D eigenvalue weighted by molar-refractivity contribution is -0.119. The van der Waals surface area contributed by atoms with E-state index in [-0.39, 0.29) is 23.6 Å². The zero-order valence-electron chi connectivity index (χ0n) is 12.3. The molecule has 0 saturated carbocycles. The number of benzene rings is 2. The first-order chi connectivity index (χ1) is 10.6. The number of phenols is 1. The molecule has 1 saturated heterocycles. The number of hydrazine groups is 1. The van der Waals surface area contributed by atoms with Gasteiger partial charge >= 0.3 is 0 Å². The maximum absolute atomic E-state index is 12.5. The minimum Gasteiger partial charge on any atom is -0.506 e. The fourth-order valence-corrected chi connectivity index (χ4v) is 2.69. The van der Waals surface area contributed by atoms with Crippen molar-refractivity contribution in [2.45, 2.75) is 13.0 Å². The van der Waals surface area contributed by atoms with E-state index in [1.54, 1.807) is 12.1 Å². The van der Waals surface area contributed by atoms with Gasteiger partial charge in [-0.05, 0) is 30.2 Å². The van der Waals surface area contributed by atoms with Crippen LogP contribution in [0.1, 0.15) is 17.2 Å². The number of hydrogen-bond donors (Lipinski definition) is 4. The van der Waals surface area contributed by atoms with E-state index in [0.29, 0.717) is 12.2 Å². The summed E-state index contributed by atoms with van der Waals surface area (Å²) in [7, 11) is 0. The third-order valence-electron chi connectivity index (χ3n) is 3.89. The normalized spacial score (nSPS) is 20.8. The number of nitrogens with one attached hydrogen (secondary N) is 3. The first kappa shape index (κ1) is 14.6. The van der Waals surface area contributed by atoms with Crippen molar-refractivity contribution >= 4 is 11.6 Å². The van der Waals surface area contributed by atoms with Crippen molar-refractivity contribution in [2.24, 2.45) is 5.92 Å². The van der Waals surface area contributed by atoms with Crippen LogP contribution in [0.5, 0.6) is 5.75 Å². The number of anilines is 1. The summed E-state index contributed by atoms with van der Waals surface area (Å²) in [6.07, 6.45) is 0. The van der Waals surface area contributed by atoms with Gasteiger partial charge in [-0.1, -0.05) is 36.4 Å². The monoisotopic (exact) mass is 297 g/mol. The smallest absolute Gasteiger partial charge is 0.230 e. The number of hydrogen-bond acceptors (Lipinski definition) is 4. The van der Waals surface area contributed by atoms with Gasteiger partial charge in [-0.2, -0.15) is 0 Å². The Labute approximate surface area is 129 Å². The Balaban J connectivity index is 1.76. The van der Waals surface area contributed by atoms with E-state index in [0.717, 1.165) is 11.1 Å². The first-order valence-electron chi connectivity index (χ1n) is 7.29. The van der Waals surface area contributed by atoms with Gasteiger partial charge in [0.15, 0.2) is 0 Å². The van der Waals surface area contributed by atoms with E-state index >= 15 is 0 Å². The maximum Gasteiger partial charge on any atom is 0.230 e. The second kappa shape index (κ2) is 6.17. The van der Waals surface area contributed by atoms with E-state index in [1.807, 2.05) is 43.3 Å². The molecule has 2 aromatic carbocycles. The Kier molecular flexibility index (Phi) is 4.09. The predicted octanol–water partition coefficient (Wildman–Crippen LogP) is 2.10. The fourth-order valence-electron chi connectivity index (χ4n) is 2.69. The van der Waals surface area contributed by atoms with E-state index in [2.05, 4.69) is 16.2 Å². The summed E-state index contributed by atoms with van der Waals surface area (Å²) in [6, 6.07) is 15.0. The Morgan fingerprint density at radius 3 is 2.73 bits per heavy atom. The largest absolute Gasteiger partial charge is 0.506 e. The highest BCUT2D eigenvalue weighted by atomic mass is 16.3. The summed E-state index contributed by atoms with van der Waals surface area (Å²) in [5, 5.41) is 12.7. The highest BCUT2D eigenvalue weighted by Gasteiger charge is 2.34. The van der Waals surface area contributed by atoms with Crippen LogP contribution in [0.2, 0.25) is 0 Å². The Morgan fingerprint density at radius 1 is 1.23 bits per heavy atom. The highest BCUT2D eigenvalue weighted by Crippen LogP contribution is 2.28. The molecule has 2 atom stereocenters. The van der Waals surface area contributed by atoms with Gasteiger partial charge in [0.2, 0.25) is 5.91 Å². The van der Waals surface area contributed by atoms with E-state index in [1.165, 1.54) is 0 Å². The van der Waals surface area contributed by atoms with Gasteiger partial charge in [0.05, 0.1) is 17.6 Å². The molecule has 4 N–H and O–H groups in total. The lowest BCUT2D eigenvalue weighted by atomic mass is 9.94. The molecule has 1 aliphatic rings. The third kappa shape index (κ3) is 2.95. The molecule has 5 nitrogen and oxygen atoms in total. The van der Waals surface area contributed by atoms with Crippen LogP contribution in [0.25, 0.3) is 0 Å². The van der Waals surface area contributed by atoms with E-state index < -0.39 is 0 Å². The average Bonchev–Trinajstić information content (AvgIpc) is 3.00. The number of aryl methyl sites for hydroxylation is 1. The molecule has 0 spiro atoms. The Bertz CT molecular complexity index is 673. The van der Waals surface area contributed by atoms with Crippen molar-refractivity contribution in [2.75, 3.05) is 11.9 Å². The second-order valence-electron chi connectivity index (χ2n) is 5.53. The van der Waals surface area contributed by atoms with Gasteiger partial charge in [-0.3, -0.25) is 10.2 Å². The van der Waals surface area contributed by atoms with Crippen molar-refractivity contribution in [1.29, 1.82) is 0 Å². The summed E-state index contributed by atoms with van der Waals surface area (Å²) >= 11 is 0. The lowest BCUT2D eigenvalue weighted by Crippen LogP contribution is -2.29. The summed E-state index contributed by atoms with van der Waals surface area (Å²) < 4.78 is 0. The van der Waals surface area contributed by atoms with Crippen molar-refractivity contribution in [3.05, 3.63) is 59.7 Å². The molecular weight excluding hydrogens is 278 g/mol. The number of carbonyl (C=O) groups is 1. The molecule has 22 heavy (non-hydrogen) atoms. The quantitative estimate of drug-likeness (QED) is 0.655. The number of rotatable bonds is 3. The summed E-state index contributed by atoms with van der Waals surface area (Å²) in [5.41, 5.74) is 8.62. The average molecular weight is 297 g/mol. The Hall–Kier alpha value is -2.37. The molecule has 1 aliphatic heterocycles. The van der Waals surface area contributed by atoms with Crippen LogP contribution in [-0.2, 0) is 4.79 Å². The van der Waals surface area contributed by atoms with Crippen LogP contribution in [0.15, 0.2) is 48.5 Å². The molecule has 1 heterocycles. The van der Waals surface area contributed by atoms with Crippen LogP contribution >= 0.6 is 0 Å². The second-order valence-corrected chi connectivity index (χ2v) is 5.53. The van der Waals surface area contributed by atoms with Crippen LogP contribution in [0.3, 0.4) is 0 Å². The maximum atomic E-state index is 12.5. The molecule has 0 radical (unpaired) electrons. The molecule has 2 unspecified atom stereocenters. The number of carbonyl (C=O) groups excluding carboxylic acids is 1. The van der Waals surface area contributed by atoms with Gasteiger partial charge in [0.1, 0.15) is 5.75 Å². The number of aromatic hydroxyl groups is 1. The number of amides is 1. The first-order valence-corrected chi connectivity index (χ1v) is 7.29. The highest BCUT2D eigenvalue weighted by molar-refractivity contribution is 5.94. The van der Waals surface area contributed by atoms with Gasteiger partial charge < -0.3 is 10.4 Å². The molecule has 0 bridgehead atoms. The SMILES string of the molecule is Cc1ccc(NC(=O)C2CNNC2c2ccccc2)c(O)c1. The van der Waals surface area contributed by atoms with Gasteiger partial charge in [-0.25, -0.2) is 5.43 Å². The van der Waals surface area contributed by atoms with Gasteiger partial charge in [0, 0.05) is 6.54 Å². The van der Waals surface area contributed by atoms with Crippen molar-refractivity contribution in [3.8, 4) is 5.75 Å². The third-order valence-corrected chi connectivity index (χ3v) is 3.89. The molecule has 3 rings (SSSR count). The van der Waals surface area contributed by atoms with Crippen molar-refractivity contribution in [3.63, 3.8) is 0 Å². The zero-order chi connectivity index (χ0) is 15.5. The minimum atomic E-state index is -0.247. The predicted molar refractivity (Wildman–Crippen MR) is 85.3 cm³/mol. The summed E-state index contributed by atoms with van der Waals surface area (Å²) in [5.74, 6) is -0.280. The van der Waals surface area contributed by atoms with Crippen LogP contribution in [0.4, 0.5) is 5.69 Å². The number of phenolic OH excluding ortho intramolecular Hbond substituents is 1. The van der Waals surface area contributed by atoms with Crippen molar-refractivity contribution < 1.29 is 9.90 Å². The lowest BCUT2D eigenvalue weighted by Gasteiger charge is -2.18. The van der Waals surface area contributed by atoms with Gasteiger partial charge in [-0.15, -0.1) is 0 Å². The summed E-state index contributed by atoms with van der Waals surface area (Å²) in [6.45, 7) is 2.43. The van der Waals surface area contributed by atoms with Crippen LogP contribution < -0.4 is 16.2 Å². The molecule has 0 aliphatic carbocycles. The van der Waals surface area contributed by atoms with Crippen LogP contribution in [0, 0.1) is 12.8 Å². The molecule has 5 heteroatoms. The molecular formula is C17H19N3O2. The summed E-state index contributed by atoms with van der Waals surface area (Å²) in [4.78, 5) is 12.5. The topological polar surface area (TPSA) is 73.4 Å². The van der Waals surface area contributed by atoms with Gasteiger partial charge in [0.25, 0.3) is 0 Å². The molecule has 114 valence electrons. The molecule has 1 amide bonds. The van der Waals surface area contributed by atoms with E-state index in [4.69, 9.17) is 0 Å². The molecule has 1 fully saturated rings. The minimum absolute atomic E-state index is 0.0866. The molecule has 2 aromatic rings. The Morgan fingerprint density at radius 2 is 2.00 bits per heavy atom. The van der Waals surface area contributed by atoms with Crippen molar-refractivity contribution in [1.82, 2.24) is 10.9 Å². The fraction of sp³-hybridized carbons (Fsp3) is 0.235. The van der Waals surface area contributed by atoms with Crippen LogP contribution in [-0.4, -0.2) is 17.6 Å². The standard InChI is InChI=1S/C17H19N3O2/c1-11-7-8-14(15(21)9-11)19-17(22)13-10-18-20-16(13)12-5-3-2-4-6-12/h2-9,13,16,18,20-21H,10H2,1H3,(H,19,22).